The van der Waals surface area contributed by atoms with Gasteiger partial charge in [0.15, 0.2) is 0 Å². The van der Waals surface area contributed by atoms with Gasteiger partial charge in [-0.25, -0.2) is 9.97 Å². The number of thiazole rings is 1. The van der Waals surface area contributed by atoms with Crippen LogP contribution in [0.2, 0.25) is 0 Å². The number of carbonyl (C=O) groups is 2. The molecule has 1 saturated heterocycles. The number of nitrogens with one attached hydrogen (secondary N) is 2. The van der Waals surface area contributed by atoms with Gasteiger partial charge in [0, 0.05) is 19.6 Å². The molecular weight excluding hydrogens is 504 g/mol. The minimum absolute atomic E-state index is 0.136. The number of pyridine rings is 1. The van der Waals surface area contributed by atoms with Gasteiger partial charge in [-0.05, 0) is 61.6 Å². The maximum atomic E-state index is 13.4. The first-order valence-electron chi connectivity index (χ1n) is 12.7. The zero-order valence-corrected chi connectivity index (χ0v) is 22.0. The Morgan fingerprint density at radius 1 is 1.24 bits per heavy atom. The third-order valence-corrected chi connectivity index (χ3v) is 8.46. The number of benzene rings is 1. The molecule has 3 aromatic heterocycles. The monoisotopic (exact) mass is 532 g/mol. The molecule has 0 aliphatic carbocycles. The van der Waals surface area contributed by atoms with Crippen LogP contribution >= 0.6 is 11.3 Å². The quantitative estimate of drug-likeness (QED) is 0.385. The summed E-state index contributed by atoms with van der Waals surface area (Å²) in [7, 11) is 2.12. The Morgan fingerprint density at radius 2 is 2.11 bits per heavy atom. The van der Waals surface area contributed by atoms with Crippen molar-refractivity contribution in [1.29, 1.82) is 0 Å². The SMILES string of the molecule is C[C@H]1CC[C@H](c2ccc3sc(C4=CCN(C)CC4)nc3c2)N(C(=O)C(=O)Nc2cnc3o[nH]c(=O)c3c2)C1. The first-order valence-corrected chi connectivity index (χ1v) is 13.5. The van der Waals surface area contributed by atoms with Gasteiger partial charge in [-0.15, -0.1) is 11.3 Å². The Labute approximate surface area is 222 Å². The van der Waals surface area contributed by atoms with Crippen LogP contribution in [-0.4, -0.2) is 63.4 Å². The number of carbonyl (C=O) groups excluding carboxylic acids is 2. The highest BCUT2D eigenvalue weighted by Crippen LogP contribution is 2.37. The molecule has 2 N–H and O–H groups in total. The van der Waals surface area contributed by atoms with Crippen molar-refractivity contribution in [3.05, 3.63) is 57.5 Å². The van der Waals surface area contributed by atoms with Crippen LogP contribution in [0, 0.1) is 5.92 Å². The average molecular weight is 533 g/mol. The number of likely N-dealkylation sites (N-methyl/N-ethyl adjacent to an activating group) is 1. The molecule has 2 atom stereocenters. The number of hydrogen-bond acceptors (Lipinski definition) is 8. The molecule has 0 unspecified atom stereocenters. The zero-order chi connectivity index (χ0) is 26.4. The molecule has 4 aromatic rings. The van der Waals surface area contributed by atoms with Crippen molar-refractivity contribution in [3.63, 3.8) is 0 Å². The van der Waals surface area contributed by atoms with Crippen molar-refractivity contribution in [1.82, 2.24) is 24.9 Å². The van der Waals surface area contributed by atoms with Crippen molar-refractivity contribution < 1.29 is 14.1 Å². The summed E-state index contributed by atoms with van der Waals surface area (Å²) in [4.78, 5) is 51.1. The van der Waals surface area contributed by atoms with Gasteiger partial charge in [0.2, 0.25) is 0 Å². The smallest absolute Gasteiger partial charge is 0.313 e. The fourth-order valence-corrected chi connectivity index (χ4v) is 6.22. The second-order valence-electron chi connectivity index (χ2n) is 10.2. The molecule has 2 aliphatic rings. The average Bonchev–Trinajstić information content (AvgIpc) is 3.51. The molecule has 2 aliphatic heterocycles. The molecule has 0 saturated carbocycles. The van der Waals surface area contributed by atoms with Gasteiger partial charge in [0.25, 0.3) is 11.3 Å². The van der Waals surface area contributed by atoms with Gasteiger partial charge in [0.1, 0.15) is 10.4 Å². The van der Waals surface area contributed by atoms with E-state index in [1.165, 1.54) is 17.8 Å². The minimum atomic E-state index is -0.767. The minimum Gasteiger partial charge on any atom is -0.358 e. The number of aromatic amines is 1. The van der Waals surface area contributed by atoms with E-state index in [-0.39, 0.29) is 28.7 Å². The molecule has 11 heteroatoms. The summed E-state index contributed by atoms with van der Waals surface area (Å²) in [5.41, 5.74) is 3.12. The van der Waals surface area contributed by atoms with Crippen molar-refractivity contribution >= 4 is 55.7 Å². The summed E-state index contributed by atoms with van der Waals surface area (Å²) in [5, 5.41) is 6.06. The highest BCUT2D eigenvalue weighted by Gasteiger charge is 2.34. The van der Waals surface area contributed by atoms with E-state index >= 15 is 0 Å². The van der Waals surface area contributed by atoms with Crippen molar-refractivity contribution in [2.75, 3.05) is 32.0 Å². The van der Waals surface area contributed by atoms with E-state index in [4.69, 9.17) is 9.51 Å². The fourth-order valence-electron chi connectivity index (χ4n) is 5.21. The number of aromatic nitrogens is 3. The Balaban J connectivity index is 1.24. The molecule has 5 heterocycles. The maximum Gasteiger partial charge on any atom is 0.313 e. The number of H-pyrrole nitrogens is 1. The molecule has 6 rings (SSSR count). The molecule has 0 bridgehead atoms. The van der Waals surface area contributed by atoms with E-state index < -0.39 is 17.4 Å². The van der Waals surface area contributed by atoms with Gasteiger partial charge in [-0.2, -0.15) is 5.16 Å². The largest absolute Gasteiger partial charge is 0.358 e. The van der Waals surface area contributed by atoms with Gasteiger partial charge < -0.3 is 19.6 Å². The fraction of sp³-hybridized carbons (Fsp3) is 0.370. The van der Waals surface area contributed by atoms with Gasteiger partial charge in [-0.1, -0.05) is 19.1 Å². The van der Waals surface area contributed by atoms with Crippen LogP contribution in [0.15, 0.2) is 45.9 Å². The second-order valence-corrected chi connectivity index (χ2v) is 11.2. The molecule has 10 nitrogen and oxygen atoms in total. The van der Waals surface area contributed by atoms with E-state index in [9.17, 15) is 14.4 Å². The lowest BCUT2D eigenvalue weighted by Gasteiger charge is -2.38. The van der Waals surface area contributed by atoms with E-state index in [0.29, 0.717) is 6.54 Å². The third kappa shape index (κ3) is 4.63. The second kappa shape index (κ2) is 9.80. The normalized spacial score (nSPS) is 20.6. The summed E-state index contributed by atoms with van der Waals surface area (Å²) in [6.45, 7) is 4.52. The highest BCUT2D eigenvalue weighted by atomic mass is 32.1. The van der Waals surface area contributed by atoms with Crippen LogP contribution < -0.4 is 10.9 Å². The van der Waals surface area contributed by atoms with Gasteiger partial charge >= 0.3 is 11.8 Å². The number of rotatable bonds is 3. The van der Waals surface area contributed by atoms with Crippen LogP contribution in [0.5, 0.6) is 0 Å². The van der Waals surface area contributed by atoms with E-state index in [2.05, 4.69) is 58.6 Å². The number of fused-ring (bicyclic) bond motifs is 2. The van der Waals surface area contributed by atoms with Gasteiger partial charge in [-0.3, -0.25) is 14.4 Å². The third-order valence-electron chi connectivity index (χ3n) is 7.35. The lowest BCUT2D eigenvalue weighted by molar-refractivity contribution is -0.146. The number of likely N-dealkylation sites (tertiary alicyclic amines) is 1. The lowest BCUT2D eigenvalue weighted by atomic mass is 9.89. The van der Waals surface area contributed by atoms with Crippen LogP contribution in [0.25, 0.3) is 26.9 Å². The van der Waals surface area contributed by atoms with Crippen LogP contribution in [0.3, 0.4) is 0 Å². The number of anilines is 1. The number of hydrogen-bond donors (Lipinski definition) is 2. The number of piperidine rings is 1. The summed E-state index contributed by atoms with van der Waals surface area (Å²) in [5.74, 6) is -1.11. The number of nitrogens with zero attached hydrogens (tertiary/aromatic N) is 4. The Bertz CT molecular complexity index is 1640. The first-order chi connectivity index (χ1) is 18.4. The summed E-state index contributed by atoms with van der Waals surface area (Å²) < 4.78 is 6.06. The standard InChI is InChI=1S/C27H28N6O4S/c1-15-3-5-21(17-4-6-22-20(11-17)30-26(38-22)16-7-9-32(2)10-8-16)33(14-15)27(36)24(35)29-18-12-19-23(34)31-37-25(19)28-13-18/h4,6-7,11-13,15,21H,3,5,8-10,14H2,1-2H3,(H,29,35)(H,31,34)/t15-,21+/m0/s1. The number of amides is 2. The summed E-state index contributed by atoms with van der Waals surface area (Å²) >= 11 is 1.70. The van der Waals surface area contributed by atoms with Crippen LogP contribution in [0.4, 0.5) is 5.69 Å². The predicted molar refractivity (Wildman–Crippen MR) is 146 cm³/mol. The molecule has 0 radical (unpaired) electrons. The molecular formula is C27H28N6O4S. The lowest BCUT2D eigenvalue weighted by Crippen LogP contribution is -2.46. The van der Waals surface area contributed by atoms with Crippen molar-refractivity contribution in [2.24, 2.45) is 5.92 Å². The van der Waals surface area contributed by atoms with Crippen LogP contribution in [-0.2, 0) is 9.59 Å². The van der Waals surface area contributed by atoms with Crippen molar-refractivity contribution in [2.45, 2.75) is 32.2 Å². The van der Waals surface area contributed by atoms with Crippen LogP contribution in [0.1, 0.15) is 42.8 Å². The van der Waals surface area contributed by atoms with E-state index in [1.54, 1.807) is 16.2 Å². The molecule has 196 valence electrons. The molecule has 0 spiro atoms. The zero-order valence-electron chi connectivity index (χ0n) is 21.2. The maximum absolute atomic E-state index is 13.4. The van der Waals surface area contributed by atoms with Crippen molar-refractivity contribution in [3.8, 4) is 0 Å². The molecule has 1 aromatic carbocycles. The predicted octanol–water partition coefficient (Wildman–Crippen LogP) is 3.78. The summed E-state index contributed by atoms with van der Waals surface area (Å²) in [6, 6.07) is 7.41. The summed E-state index contributed by atoms with van der Waals surface area (Å²) in [6.07, 6.45) is 6.31. The molecule has 2 amide bonds. The Morgan fingerprint density at radius 3 is 2.92 bits per heavy atom. The Hall–Kier alpha value is -3.83. The van der Waals surface area contributed by atoms with Gasteiger partial charge in [0.05, 0.1) is 28.1 Å². The Kier molecular flexibility index (Phi) is 6.32. The molecule has 1 fully saturated rings. The van der Waals surface area contributed by atoms with E-state index in [1.807, 2.05) is 0 Å². The highest BCUT2D eigenvalue weighted by molar-refractivity contribution is 7.19. The topological polar surface area (TPSA) is 124 Å². The first kappa shape index (κ1) is 24.5. The van der Waals surface area contributed by atoms with E-state index in [0.717, 1.165) is 53.1 Å². The molecule has 38 heavy (non-hydrogen) atoms.